The summed E-state index contributed by atoms with van der Waals surface area (Å²) in [7, 11) is 0. The number of ether oxygens (including phenoxy) is 1. The topological polar surface area (TPSA) is 55.4 Å². The number of hydrogen-bond donors (Lipinski definition) is 1. The smallest absolute Gasteiger partial charge is 0.338 e. The first-order valence-corrected chi connectivity index (χ1v) is 7.78. The van der Waals surface area contributed by atoms with Crippen molar-refractivity contribution in [2.24, 2.45) is 0 Å². The summed E-state index contributed by atoms with van der Waals surface area (Å²) in [6.45, 7) is 1.98. The van der Waals surface area contributed by atoms with Crippen LogP contribution in [0.25, 0.3) is 0 Å². The van der Waals surface area contributed by atoms with Crippen LogP contribution in [0.1, 0.15) is 27.6 Å². The van der Waals surface area contributed by atoms with E-state index >= 15 is 0 Å². The van der Waals surface area contributed by atoms with E-state index in [4.69, 9.17) is 39.5 Å². The number of esters is 1. The van der Waals surface area contributed by atoms with Gasteiger partial charge in [0.05, 0.1) is 22.9 Å². The van der Waals surface area contributed by atoms with Crippen molar-refractivity contribution in [1.29, 1.82) is 0 Å². The largest absolute Gasteiger partial charge is 0.462 e. The molecule has 0 atom stereocenters. The molecule has 0 spiro atoms. The number of rotatable bonds is 4. The van der Waals surface area contributed by atoms with E-state index in [-0.39, 0.29) is 11.6 Å². The Hall–Kier alpha value is -1.75. The molecule has 0 unspecified atom stereocenters. The van der Waals surface area contributed by atoms with Crippen LogP contribution in [0.3, 0.4) is 0 Å². The molecule has 0 bridgehead atoms. The van der Waals surface area contributed by atoms with E-state index in [0.29, 0.717) is 26.9 Å². The van der Waals surface area contributed by atoms with Crippen LogP contribution in [0.2, 0.25) is 15.1 Å². The fourth-order valence-corrected chi connectivity index (χ4v) is 2.59. The van der Waals surface area contributed by atoms with Gasteiger partial charge in [-0.15, -0.1) is 0 Å². The maximum absolute atomic E-state index is 12.2. The molecule has 4 nitrogen and oxygen atoms in total. The highest BCUT2D eigenvalue weighted by Crippen LogP contribution is 2.25. The van der Waals surface area contributed by atoms with E-state index < -0.39 is 11.9 Å². The lowest BCUT2D eigenvalue weighted by atomic mass is 10.2. The maximum atomic E-state index is 12.2. The standard InChI is InChI=1S/C16H12Cl3NO3/c1-2-23-16(22)9-3-4-14(13(19)7-9)20-15(21)10-5-11(17)8-12(18)6-10/h3-8H,2H2,1H3,(H,20,21). The Labute approximate surface area is 148 Å². The predicted octanol–water partition coefficient (Wildman–Crippen LogP) is 5.08. The summed E-state index contributed by atoms with van der Waals surface area (Å²) in [4.78, 5) is 23.8. The van der Waals surface area contributed by atoms with E-state index in [2.05, 4.69) is 5.32 Å². The first kappa shape index (κ1) is 17.6. The van der Waals surface area contributed by atoms with Crippen LogP contribution in [0.15, 0.2) is 36.4 Å². The molecule has 0 saturated heterocycles. The van der Waals surface area contributed by atoms with E-state index in [0.717, 1.165) is 0 Å². The van der Waals surface area contributed by atoms with Crippen molar-refractivity contribution in [3.05, 3.63) is 62.6 Å². The van der Waals surface area contributed by atoms with Crippen molar-refractivity contribution in [2.45, 2.75) is 6.92 Å². The molecule has 2 aromatic rings. The molecule has 120 valence electrons. The lowest BCUT2D eigenvalue weighted by molar-refractivity contribution is 0.0526. The zero-order valence-electron chi connectivity index (χ0n) is 12.0. The summed E-state index contributed by atoms with van der Waals surface area (Å²) in [6.07, 6.45) is 0. The molecule has 0 aliphatic rings. The van der Waals surface area contributed by atoms with E-state index in [9.17, 15) is 9.59 Å². The predicted molar refractivity (Wildman–Crippen MR) is 91.8 cm³/mol. The van der Waals surface area contributed by atoms with Crippen molar-refractivity contribution >= 4 is 52.4 Å². The Morgan fingerprint density at radius 2 is 1.65 bits per heavy atom. The van der Waals surface area contributed by atoms with Crippen molar-refractivity contribution in [1.82, 2.24) is 0 Å². The molecule has 0 fully saturated rings. The number of halogens is 3. The van der Waals surface area contributed by atoms with Crippen molar-refractivity contribution in [3.8, 4) is 0 Å². The van der Waals surface area contributed by atoms with E-state index in [1.807, 2.05) is 0 Å². The number of nitrogens with one attached hydrogen (secondary N) is 1. The zero-order valence-corrected chi connectivity index (χ0v) is 14.3. The molecule has 1 N–H and O–H groups in total. The minimum Gasteiger partial charge on any atom is -0.462 e. The highest BCUT2D eigenvalue weighted by molar-refractivity contribution is 6.36. The van der Waals surface area contributed by atoms with Gasteiger partial charge in [0.15, 0.2) is 0 Å². The molecular weight excluding hydrogens is 361 g/mol. The second kappa shape index (κ2) is 7.68. The minimum atomic E-state index is -0.478. The summed E-state index contributed by atoms with van der Waals surface area (Å²) in [5.41, 5.74) is 0.967. The third-order valence-electron chi connectivity index (χ3n) is 2.85. The SMILES string of the molecule is CCOC(=O)c1ccc(NC(=O)c2cc(Cl)cc(Cl)c2)c(Cl)c1. The van der Waals surface area contributed by atoms with Gasteiger partial charge in [-0.25, -0.2) is 4.79 Å². The minimum absolute atomic E-state index is 0.219. The van der Waals surface area contributed by atoms with Crippen LogP contribution >= 0.6 is 34.8 Å². The molecule has 0 heterocycles. The number of hydrogen-bond acceptors (Lipinski definition) is 3. The molecule has 0 aliphatic carbocycles. The van der Waals surface area contributed by atoms with Gasteiger partial charge < -0.3 is 10.1 Å². The van der Waals surface area contributed by atoms with Crippen LogP contribution < -0.4 is 5.32 Å². The molecule has 7 heteroatoms. The summed E-state index contributed by atoms with van der Waals surface area (Å²) in [5.74, 6) is -0.894. The first-order chi connectivity index (χ1) is 10.9. The highest BCUT2D eigenvalue weighted by Gasteiger charge is 2.13. The van der Waals surface area contributed by atoms with Gasteiger partial charge in [0.1, 0.15) is 0 Å². The highest BCUT2D eigenvalue weighted by atomic mass is 35.5. The third kappa shape index (κ3) is 4.61. The van der Waals surface area contributed by atoms with Gasteiger partial charge in [0.25, 0.3) is 5.91 Å². The Morgan fingerprint density at radius 3 is 2.22 bits per heavy atom. The van der Waals surface area contributed by atoms with Crippen LogP contribution in [0.4, 0.5) is 5.69 Å². The van der Waals surface area contributed by atoms with Gasteiger partial charge in [0, 0.05) is 15.6 Å². The molecular formula is C16H12Cl3NO3. The zero-order chi connectivity index (χ0) is 17.0. The Kier molecular flexibility index (Phi) is 5.88. The lowest BCUT2D eigenvalue weighted by Crippen LogP contribution is -2.13. The number of anilines is 1. The molecule has 1 amide bonds. The monoisotopic (exact) mass is 371 g/mol. The normalized spacial score (nSPS) is 10.3. The summed E-state index contributed by atoms with van der Waals surface area (Å²) < 4.78 is 4.89. The summed E-state index contributed by atoms with van der Waals surface area (Å²) >= 11 is 17.8. The van der Waals surface area contributed by atoms with Gasteiger partial charge in [-0.2, -0.15) is 0 Å². The van der Waals surface area contributed by atoms with Crippen LogP contribution in [-0.4, -0.2) is 18.5 Å². The van der Waals surface area contributed by atoms with Gasteiger partial charge in [-0.1, -0.05) is 34.8 Å². The summed E-state index contributed by atoms with van der Waals surface area (Å²) in [6, 6.07) is 8.98. The van der Waals surface area contributed by atoms with E-state index in [1.54, 1.807) is 6.92 Å². The second-order valence-corrected chi connectivity index (χ2v) is 5.81. The number of amides is 1. The lowest BCUT2D eigenvalue weighted by Gasteiger charge is -2.09. The van der Waals surface area contributed by atoms with Crippen LogP contribution in [0.5, 0.6) is 0 Å². The Bertz CT molecular complexity index is 742. The first-order valence-electron chi connectivity index (χ1n) is 6.65. The number of carbonyl (C=O) groups is 2. The van der Waals surface area contributed by atoms with Crippen LogP contribution in [-0.2, 0) is 4.74 Å². The fraction of sp³-hybridized carbons (Fsp3) is 0.125. The molecule has 0 aromatic heterocycles. The van der Waals surface area contributed by atoms with Crippen LogP contribution in [0, 0.1) is 0 Å². The molecule has 0 radical (unpaired) electrons. The van der Waals surface area contributed by atoms with Gasteiger partial charge in [-0.3, -0.25) is 4.79 Å². The average Bonchev–Trinajstić information content (AvgIpc) is 2.48. The van der Waals surface area contributed by atoms with Gasteiger partial charge >= 0.3 is 5.97 Å². The quantitative estimate of drug-likeness (QED) is 0.762. The third-order valence-corrected chi connectivity index (χ3v) is 3.60. The molecule has 2 rings (SSSR count). The second-order valence-electron chi connectivity index (χ2n) is 4.53. The Morgan fingerprint density at radius 1 is 1.00 bits per heavy atom. The number of benzene rings is 2. The Balaban J connectivity index is 2.19. The number of carbonyl (C=O) groups excluding carboxylic acids is 2. The molecule has 2 aromatic carbocycles. The van der Waals surface area contributed by atoms with Crippen molar-refractivity contribution < 1.29 is 14.3 Å². The van der Waals surface area contributed by atoms with E-state index in [1.165, 1.54) is 36.4 Å². The van der Waals surface area contributed by atoms with Crippen molar-refractivity contribution in [3.63, 3.8) is 0 Å². The molecule has 0 aliphatic heterocycles. The maximum Gasteiger partial charge on any atom is 0.338 e. The van der Waals surface area contributed by atoms with Crippen molar-refractivity contribution in [2.75, 3.05) is 11.9 Å². The fourth-order valence-electron chi connectivity index (χ4n) is 1.84. The van der Waals surface area contributed by atoms with Gasteiger partial charge in [-0.05, 0) is 43.3 Å². The molecule has 0 saturated carbocycles. The summed E-state index contributed by atoms with van der Waals surface area (Å²) in [5, 5.41) is 3.56. The van der Waals surface area contributed by atoms with Gasteiger partial charge in [0.2, 0.25) is 0 Å². The molecule has 23 heavy (non-hydrogen) atoms. The average molecular weight is 373 g/mol.